The molecule has 1 N–H and O–H groups in total. The molecule has 3 aromatic carbocycles. The van der Waals surface area contributed by atoms with Crippen molar-refractivity contribution in [3.05, 3.63) is 93.0 Å². The molecule has 0 spiro atoms. The van der Waals surface area contributed by atoms with E-state index in [-0.39, 0.29) is 5.75 Å². The van der Waals surface area contributed by atoms with E-state index in [4.69, 9.17) is 27.9 Å². The fraction of sp³-hybridized carbons (Fsp3) is 0.217. The van der Waals surface area contributed by atoms with Gasteiger partial charge in [-0.2, -0.15) is 0 Å². The predicted molar refractivity (Wildman–Crippen MR) is 112 cm³/mol. The van der Waals surface area contributed by atoms with Crippen LogP contribution >= 0.6 is 23.2 Å². The van der Waals surface area contributed by atoms with Crippen molar-refractivity contribution in [1.82, 2.24) is 0 Å². The fourth-order valence-electron chi connectivity index (χ4n) is 2.99. The molecule has 0 saturated carbocycles. The number of ether oxygens (including phenoxy) is 1. The first-order valence-corrected chi connectivity index (χ1v) is 9.66. The van der Waals surface area contributed by atoms with Crippen LogP contribution in [0.15, 0.2) is 60.7 Å². The number of phenols is 1. The zero-order valence-corrected chi connectivity index (χ0v) is 16.9. The molecule has 0 unspecified atom stereocenters. The van der Waals surface area contributed by atoms with Crippen LogP contribution in [-0.4, -0.2) is 5.11 Å². The van der Waals surface area contributed by atoms with Crippen LogP contribution in [0.5, 0.6) is 11.5 Å². The van der Waals surface area contributed by atoms with Crippen LogP contribution in [0, 0.1) is 0 Å². The second-order valence-corrected chi connectivity index (χ2v) is 7.68. The first kappa shape index (κ1) is 19.6. The van der Waals surface area contributed by atoms with Crippen molar-refractivity contribution < 1.29 is 9.84 Å². The summed E-state index contributed by atoms with van der Waals surface area (Å²) >= 11 is 12.5. The van der Waals surface area contributed by atoms with E-state index in [1.54, 1.807) is 0 Å². The largest absolute Gasteiger partial charge is 0.508 e. The molecule has 3 rings (SSSR count). The molecular formula is C23H22Cl2O2. The highest BCUT2D eigenvalue weighted by Crippen LogP contribution is 2.34. The topological polar surface area (TPSA) is 29.5 Å². The smallest absolute Gasteiger partial charge is 0.123 e. The Balaban J connectivity index is 1.83. The average Bonchev–Trinajstić information content (AvgIpc) is 2.64. The standard InChI is InChI=1S/C23H22Cl2O2/c1-15(2)19-10-17(11-20-21(24)12-18(26)13-22(20)25)8-9-23(19)27-14-16-6-4-3-5-7-16/h3-10,12-13,15,26H,11,14H2,1-2H3. The summed E-state index contributed by atoms with van der Waals surface area (Å²) in [5.41, 5.74) is 4.19. The summed E-state index contributed by atoms with van der Waals surface area (Å²) in [5, 5.41) is 10.5. The fourth-order valence-corrected chi connectivity index (χ4v) is 3.60. The quantitative estimate of drug-likeness (QED) is 0.482. The number of halogens is 2. The van der Waals surface area contributed by atoms with E-state index in [0.29, 0.717) is 29.0 Å². The summed E-state index contributed by atoms with van der Waals surface area (Å²) in [5.74, 6) is 1.28. The van der Waals surface area contributed by atoms with Gasteiger partial charge in [-0.1, -0.05) is 79.5 Å². The van der Waals surface area contributed by atoms with Crippen LogP contribution in [0.2, 0.25) is 10.0 Å². The minimum atomic E-state index is 0.0706. The molecule has 27 heavy (non-hydrogen) atoms. The van der Waals surface area contributed by atoms with Crippen LogP contribution in [0.4, 0.5) is 0 Å². The Labute approximate surface area is 170 Å². The summed E-state index contributed by atoms with van der Waals surface area (Å²) in [6.07, 6.45) is 0.594. The monoisotopic (exact) mass is 400 g/mol. The Bertz CT molecular complexity index is 898. The third-order valence-corrected chi connectivity index (χ3v) is 5.11. The van der Waals surface area contributed by atoms with E-state index in [9.17, 15) is 5.11 Å². The maximum absolute atomic E-state index is 9.61. The molecule has 0 heterocycles. The molecule has 0 amide bonds. The Morgan fingerprint density at radius 2 is 1.56 bits per heavy atom. The molecule has 0 fully saturated rings. The zero-order valence-electron chi connectivity index (χ0n) is 15.4. The first-order chi connectivity index (χ1) is 12.9. The van der Waals surface area contributed by atoms with Gasteiger partial charge in [0.1, 0.15) is 18.1 Å². The van der Waals surface area contributed by atoms with Gasteiger partial charge in [0, 0.05) is 16.5 Å². The first-order valence-electron chi connectivity index (χ1n) is 8.90. The highest BCUT2D eigenvalue weighted by molar-refractivity contribution is 6.36. The lowest BCUT2D eigenvalue weighted by molar-refractivity contribution is 0.301. The maximum Gasteiger partial charge on any atom is 0.123 e. The molecule has 4 heteroatoms. The maximum atomic E-state index is 9.61. The van der Waals surface area contributed by atoms with Gasteiger partial charge in [-0.3, -0.25) is 0 Å². The Morgan fingerprint density at radius 3 is 2.19 bits per heavy atom. The van der Waals surface area contributed by atoms with E-state index in [1.165, 1.54) is 12.1 Å². The van der Waals surface area contributed by atoms with E-state index in [2.05, 4.69) is 32.0 Å². The van der Waals surface area contributed by atoms with Crippen molar-refractivity contribution in [2.45, 2.75) is 32.8 Å². The van der Waals surface area contributed by atoms with E-state index in [1.807, 2.05) is 30.3 Å². The van der Waals surface area contributed by atoms with Crippen LogP contribution in [0.3, 0.4) is 0 Å². The van der Waals surface area contributed by atoms with Gasteiger partial charge in [0.05, 0.1) is 0 Å². The highest BCUT2D eigenvalue weighted by Gasteiger charge is 2.13. The summed E-state index contributed by atoms with van der Waals surface area (Å²) in [6.45, 7) is 4.83. The zero-order chi connectivity index (χ0) is 19.4. The molecule has 0 saturated heterocycles. The van der Waals surface area contributed by atoms with Crippen molar-refractivity contribution in [1.29, 1.82) is 0 Å². The van der Waals surface area contributed by atoms with Crippen molar-refractivity contribution in [2.75, 3.05) is 0 Å². The van der Waals surface area contributed by atoms with Crippen molar-refractivity contribution in [3.63, 3.8) is 0 Å². The Kier molecular flexibility index (Phi) is 6.30. The lowest BCUT2D eigenvalue weighted by Crippen LogP contribution is -2.01. The molecule has 0 bridgehead atoms. The minimum absolute atomic E-state index is 0.0706. The Hall–Kier alpha value is -2.16. The van der Waals surface area contributed by atoms with E-state index in [0.717, 1.165) is 28.0 Å². The second kappa shape index (κ2) is 8.69. The molecule has 0 aliphatic rings. The summed E-state index contributed by atoms with van der Waals surface area (Å²) in [7, 11) is 0. The van der Waals surface area contributed by atoms with Gasteiger partial charge in [0.15, 0.2) is 0 Å². The van der Waals surface area contributed by atoms with Crippen LogP contribution < -0.4 is 4.74 Å². The lowest BCUT2D eigenvalue weighted by Gasteiger charge is -2.16. The normalized spacial score (nSPS) is 11.0. The number of rotatable bonds is 6. The average molecular weight is 401 g/mol. The van der Waals surface area contributed by atoms with Gasteiger partial charge in [-0.25, -0.2) is 0 Å². The van der Waals surface area contributed by atoms with Crippen molar-refractivity contribution in [3.8, 4) is 11.5 Å². The van der Waals surface area contributed by atoms with Gasteiger partial charge in [-0.05, 0) is 46.4 Å². The third kappa shape index (κ3) is 4.97. The van der Waals surface area contributed by atoms with Gasteiger partial charge in [-0.15, -0.1) is 0 Å². The van der Waals surface area contributed by atoms with Gasteiger partial charge >= 0.3 is 0 Å². The highest BCUT2D eigenvalue weighted by atomic mass is 35.5. The van der Waals surface area contributed by atoms with Gasteiger partial charge in [0.25, 0.3) is 0 Å². The molecule has 3 aromatic rings. The summed E-state index contributed by atoms with van der Waals surface area (Å²) in [4.78, 5) is 0. The summed E-state index contributed by atoms with van der Waals surface area (Å²) < 4.78 is 6.07. The van der Waals surface area contributed by atoms with Crippen molar-refractivity contribution >= 4 is 23.2 Å². The van der Waals surface area contributed by atoms with E-state index >= 15 is 0 Å². The van der Waals surface area contributed by atoms with E-state index < -0.39 is 0 Å². The second-order valence-electron chi connectivity index (χ2n) is 6.87. The molecular weight excluding hydrogens is 379 g/mol. The Morgan fingerprint density at radius 1 is 0.889 bits per heavy atom. The predicted octanol–water partition coefficient (Wildman–Crippen LogP) is 6.99. The van der Waals surface area contributed by atoms with Crippen LogP contribution in [0.25, 0.3) is 0 Å². The number of aromatic hydroxyl groups is 1. The van der Waals surface area contributed by atoms with Crippen LogP contribution in [-0.2, 0) is 13.0 Å². The van der Waals surface area contributed by atoms with Gasteiger partial charge in [0.2, 0.25) is 0 Å². The molecule has 2 nitrogen and oxygen atoms in total. The molecule has 0 aromatic heterocycles. The SMILES string of the molecule is CC(C)c1cc(Cc2c(Cl)cc(O)cc2Cl)ccc1OCc1ccccc1. The molecule has 0 aliphatic heterocycles. The molecule has 0 aliphatic carbocycles. The number of hydrogen-bond acceptors (Lipinski definition) is 2. The summed E-state index contributed by atoms with van der Waals surface area (Å²) in [6, 6.07) is 19.3. The number of hydrogen-bond donors (Lipinski definition) is 1. The minimum Gasteiger partial charge on any atom is -0.508 e. The third-order valence-electron chi connectivity index (χ3n) is 4.44. The molecule has 140 valence electrons. The number of phenolic OH excluding ortho intramolecular Hbond substituents is 1. The molecule has 0 atom stereocenters. The molecule has 0 radical (unpaired) electrons. The van der Waals surface area contributed by atoms with Crippen LogP contribution in [0.1, 0.15) is 42.0 Å². The van der Waals surface area contributed by atoms with Gasteiger partial charge < -0.3 is 9.84 Å². The number of benzene rings is 3. The van der Waals surface area contributed by atoms with Crippen molar-refractivity contribution in [2.24, 2.45) is 0 Å². The lowest BCUT2D eigenvalue weighted by atomic mass is 9.96.